The number of carbonyl (C=O) groups excluding carboxylic acids is 1. The molecule has 0 bridgehead atoms. The first-order valence-electron chi connectivity index (χ1n) is 7.69. The lowest BCUT2D eigenvalue weighted by Gasteiger charge is -2.19. The number of pyridine rings is 1. The van der Waals surface area contributed by atoms with Crippen molar-refractivity contribution in [2.75, 3.05) is 18.0 Å². The third kappa shape index (κ3) is 3.67. The molecule has 0 spiro atoms. The zero-order chi connectivity index (χ0) is 17.0. The largest absolute Gasteiger partial charge is 0.355 e. The number of nitrogens with zero attached hydrogens (tertiary/aromatic N) is 3. The molecule has 2 rings (SSSR count). The molecule has 0 amide bonds. The summed E-state index contributed by atoms with van der Waals surface area (Å²) in [7, 11) is 0. The average molecular weight is 334 g/mol. The molecule has 1 aromatic heterocycles. The number of ketones is 1. The Labute approximate surface area is 141 Å². The van der Waals surface area contributed by atoms with Crippen LogP contribution in [0.3, 0.4) is 0 Å². The number of halogens is 1. The molecule has 1 fully saturated rings. The Kier molecular flexibility index (Phi) is 5.66. The van der Waals surface area contributed by atoms with Crippen LogP contribution in [0.1, 0.15) is 42.2 Å². The Balaban J connectivity index is 2.41. The van der Waals surface area contributed by atoms with Crippen LogP contribution >= 0.6 is 11.6 Å². The molecule has 1 aliphatic heterocycles. The Hall–Kier alpha value is -2.01. The summed E-state index contributed by atoms with van der Waals surface area (Å²) < 4.78 is 0. The summed E-state index contributed by atoms with van der Waals surface area (Å²) in [6, 6.07) is 1.63. The second-order valence-electron chi connectivity index (χ2n) is 5.51. The molecular weight excluding hydrogens is 314 g/mol. The number of aromatic nitrogens is 1. The summed E-state index contributed by atoms with van der Waals surface area (Å²) in [5.41, 5.74) is 1.10. The first kappa shape index (κ1) is 17.3. The monoisotopic (exact) mass is 333 g/mol. The van der Waals surface area contributed by atoms with Crippen molar-refractivity contribution < 1.29 is 4.79 Å². The SMILES string of the molecule is C=C(N=O)/C(=C/CC)C(=O)c1cc(Cl)c(N2CCCC2)nc1C. The minimum absolute atomic E-state index is 0.0732. The summed E-state index contributed by atoms with van der Waals surface area (Å²) in [4.78, 5) is 30.1. The number of Topliss-reactive ketones (excluding diaryl/α,β-unsaturated/α-hetero) is 1. The number of hydrogen-bond donors (Lipinski definition) is 0. The molecule has 0 aromatic carbocycles. The highest BCUT2D eigenvalue weighted by atomic mass is 35.5. The van der Waals surface area contributed by atoms with Gasteiger partial charge in [0.15, 0.2) is 5.78 Å². The highest BCUT2D eigenvalue weighted by molar-refractivity contribution is 6.33. The van der Waals surface area contributed by atoms with Gasteiger partial charge in [0.1, 0.15) is 11.5 Å². The highest BCUT2D eigenvalue weighted by Gasteiger charge is 2.23. The van der Waals surface area contributed by atoms with Gasteiger partial charge in [0, 0.05) is 24.2 Å². The van der Waals surface area contributed by atoms with Gasteiger partial charge < -0.3 is 4.90 Å². The molecule has 1 aliphatic rings. The van der Waals surface area contributed by atoms with Gasteiger partial charge in [-0.05, 0) is 37.4 Å². The lowest BCUT2D eigenvalue weighted by molar-refractivity contribution is 0.103. The quantitative estimate of drug-likeness (QED) is 0.334. The molecular formula is C17H20ClN3O2. The van der Waals surface area contributed by atoms with Gasteiger partial charge in [-0.1, -0.05) is 31.2 Å². The van der Waals surface area contributed by atoms with E-state index in [0.717, 1.165) is 25.9 Å². The lowest BCUT2D eigenvalue weighted by Crippen LogP contribution is -2.20. The molecule has 0 unspecified atom stereocenters. The highest BCUT2D eigenvalue weighted by Crippen LogP contribution is 2.30. The molecule has 0 aliphatic carbocycles. The van der Waals surface area contributed by atoms with Crippen molar-refractivity contribution in [2.45, 2.75) is 33.1 Å². The first-order chi connectivity index (χ1) is 11.0. The average Bonchev–Trinajstić information content (AvgIpc) is 3.07. The van der Waals surface area contributed by atoms with Crippen LogP contribution in [-0.2, 0) is 0 Å². The van der Waals surface area contributed by atoms with Crippen LogP contribution in [-0.4, -0.2) is 23.9 Å². The van der Waals surface area contributed by atoms with Crippen LogP contribution in [0.5, 0.6) is 0 Å². The van der Waals surface area contributed by atoms with Gasteiger partial charge in [0.25, 0.3) is 0 Å². The Morgan fingerprint density at radius 1 is 1.48 bits per heavy atom. The molecule has 1 saturated heterocycles. The molecule has 1 aromatic rings. The molecule has 122 valence electrons. The fourth-order valence-corrected chi connectivity index (χ4v) is 2.96. The Morgan fingerprint density at radius 2 is 2.13 bits per heavy atom. The Bertz CT molecular complexity index is 677. The van der Waals surface area contributed by atoms with E-state index in [-0.39, 0.29) is 17.1 Å². The second kappa shape index (κ2) is 7.51. The minimum atomic E-state index is -0.323. The van der Waals surface area contributed by atoms with Crippen molar-refractivity contribution in [2.24, 2.45) is 5.18 Å². The van der Waals surface area contributed by atoms with Crippen LogP contribution in [0.2, 0.25) is 5.02 Å². The van der Waals surface area contributed by atoms with Crippen molar-refractivity contribution in [1.82, 2.24) is 4.98 Å². The maximum Gasteiger partial charge on any atom is 0.196 e. The van der Waals surface area contributed by atoms with Gasteiger partial charge in [-0.25, -0.2) is 4.98 Å². The zero-order valence-electron chi connectivity index (χ0n) is 13.4. The molecule has 0 radical (unpaired) electrons. The minimum Gasteiger partial charge on any atom is -0.355 e. The van der Waals surface area contributed by atoms with E-state index in [1.54, 1.807) is 19.1 Å². The molecule has 0 atom stereocenters. The predicted molar refractivity (Wildman–Crippen MR) is 93.1 cm³/mol. The maximum absolute atomic E-state index is 12.7. The fraction of sp³-hybridized carbons (Fsp3) is 0.412. The van der Waals surface area contributed by atoms with Gasteiger partial charge in [0.2, 0.25) is 0 Å². The number of aryl methyl sites for hydroxylation is 1. The maximum atomic E-state index is 12.7. The summed E-state index contributed by atoms with van der Waals surface area (Å²) in [6.07, 6.45) is 4.48. The topological polar surface area (TPSA) is 62.6 Å². The number of carbonyl (C=O) groups is 1. The summed E-state index contributed by atoms with van der Waals surface area (Å²) in [5, 5.41) is 3.24. The van der Waals surface area contributed by atoms with Crippen LogP contribution in [0, 0.1) is 11.8 Å². The van der Waals surface area contributed by atoms with Gasteiger partial charge in [-0.2, -0.15) is 0 Å². The Morgan fingerprint density at radius 3 is 2.70 bits per heavy atom. The van der Waals surface area contributed by atoms with Crippen molar-refractivity contribution >= 4 is 23.2 Å². The lowest BCUT2D eigenvalue weighted by atomic mass is 9.99. The summed E-state index contributed by atoms with van der Waals surface area (Å²) in [5.74, 6) is 0.392. The second-order valence-corrected chi connectivity index (χ2v) is 5.92. The molecule has 6 heteroatoms. The van der Waals surface area contributed by atoms with Crippen LogP contribution in [0.15, 0.2) is 35.2 Å². The van der Waals surface area contributed by atoms with Crippen molar-refractivity contribution in [1.29, 1.82) is 0 Å². The summed E-state index contributed by atoms with van der Waals surface area (Å²) in [6.45, 7) is 9.03. The van der Waals surface area contributed by atoms with E-state index in [2.05, 4.69) is 21.6 Å². The smallest absolute Gasteiger partial charge is 0.196 e. The van der Waals surface area contributed by atoms with Crippen molar-refractivity contribution in [3.63, 3.8) is 0 Å². The van der Waals surface area contributed by atoms with E-state index in [1.807, 2.05) is 6.92 Å². The van der Waals surface area contributed by atoms with Gasteiger partial charge in [0.05, 0.1) is 10.7 Å². The van der Waals surface area contributed by atoms with Crippen molar-refractivity contribution in [3.8, 4) is 0 Å². The number of rotatable bonds is 6. The molecule has 2 heterocycles. The third-order valence-corrected chi connectivity index (χ3v) is 4.15. The fourth-order valence-electron chi connectivity index (χ4n) is 2.69. The van der Waals surface area contributed by atoms with E-state index < -0.39 is 0 Å². The number of allylic oxidation sites excluding steroid dienone is 2. The third-order valence-electron chi connectivity index (χ3n) is 3.87. The van der Waals surface area contributed by atoms with Crippen LogP contribution in [0.4, 0.5) is 5.82 Å². The standard InChI is InChI=1S/C17H20ClN3O2/c1-4-7-13(12(3)20-23)16(22)14-10-15(18)17(19-11(14)2)21-8-5-6-9-21/h7,10H,3-6,8-9H2,1-2H3/b13-7-. The molecule has 0 N–H and O–H groups in total. The van der Waals surface area contributed by atoms with Crippen molar-refractivity contribution in [3.05, 3.63) is 51.2 Å². The van der Waals surface area contributed by atoms with Gasteiger partial charge in [-0.15, -0.1) is 4.91 Å². The van der Waals surface area contributed by atoms with Gasteiger partial charge in [-0.3, -0.25) is 4.79 Å². The molecule has 5 nitrogen and oxygen atoms in total. The van der Waals surface area contributed by atoms with E-state index in [1.165, 1.54) is 0 Å². The zero-order valence-corrected chi connectivity index (χ0v) is 14.2. The molecule has 0 saturated carbocycles. The first-order valence-corrected chi connectivity index (χ1v) is 8.07. The molecule has 23 heavy (non-hydrogen) atoms. The number of nitroso groups, excluding NO2 is 1. The van der Waals surface area contributed by atoms with Crippen LogP contribution < -0.4 is 4.90 Å². The van der Waals surface area contributed by atoms with E-state index in [4.69, 9.17) is 11.6 Å². The van der Waals surface area contributed by atoms with E-state index in [9.17, 15) is 9.70 Å². The van der Waals surface area contributed by atoms with E-state index >= 15 is 0 Å². The van der Waals surface area contributed by atoms with Crippen LogP contribution in [0.25, 0.3) is 0 Å². The van der Waals surface area contributed by atoms with Gasteiger partial charge >= 0.3 is 0 Å². The summed E-state index contributed by atoms with van der Waals surface area (Å²) >= 11 is 6.34. The number of hydrogen-bond acceptors (Lipinski definition) is 5. The number of anilines is 1. The normalized spacial score (nSPS) is 14.9. The predicted octanol–water partition coefficient (Wildman–Crippen LogP) is 4.44. The van der Waals surface area contributed by atoms with E-state index in [0.29, 0.717) is 28.5 Å².